The molecule has 2 rings (SSSR count). The largest absolute Gasteiger partial charge is 0.543 e. The summed E-state index contributed by atoms with van der Waals surface area (Å²) in [5.74, 6) is 0.956. The highest BCUT2D eigenvalue weighted by Gasteiger charge is 2.19. The minimum Gasteiger partial charge on any atom is -0.543 e. The SMILES string of the molecule is Cc1cccc(N=CN2CCCC2)c1O[Si](C)(C)C. The first-order valence-electron chi connectivity index (χ1n) is 7.02. The first kappa shape index (κ1) is 14.1. The number of rotatable bonds is 4. The minimum absolute atomic E-state index is 0.953. The molecule has 0 atom stereocenters. The Bertz CT molecular complexity index is 460. The van der Waals surface area contributed by atoms with Gasteiger partial charge in [0, 0.05) is 13.1 Å². The lowest BCUT2D eigenvalue weighted by Crippen LogP contribution is -2.29. The van der Waals surface area contributed by atoms with Gasteiger partial charge in [-0.1, -0.05) is 12.1 Å². The summed E-state index contributed by atoms with van der Waals surface area (Å²) < 4.78 is 6.19. The molecule has 0 bridgehead atoms. The van der Waals surface area contributed by atoms with Gasteiger partial charge in [-0.25, -0.2) is 4.99 Å². The van der Waals surface area contributed by atoms with Gasteiger partial charge in [0.1, 0.15) is 11.4 Å². The Kier molecular flexibility index (Phi) is 4.30. The van der Waals surface area contributed by atoms with Crippen molar-refractivity contribution in [2.75, 3.05) is 13.1 Å². The predicted octanol–water partition coefficient (Wildman–Crippen LogP) is 3.96. The summed E-state index contributed by atoms with van der Waals surface area (Å²) in [4.78, 5) is 6.91. The van der Waals surface area contributed by atoms with Gasteiger partial charge in [0.25, 0.3) is 0 Å². The van der Waals surface area contributed by atoms with Crippen LogP contribution in [-0.4, -0.2) is 32.6 Å². The van der Waals surface area contributed by atoms with Crippen LogP contribution in [-0.2, 0) is 0 Å². The molecular weight excluding hydrogens is 252 g/mol. The molecule has 0 N–H and O–H groups in total. The number of aryl methyl sites for hydroxylation is 1. The summed E-state index contributed by atoms with van der Waals surface area (Å²) in [6.07, 6.45) is 4.52. The topological polar surface area (TPSA) is 24.8 Å². The minimum atomic E-state index is -1.61. The Balaban J connectivity index is 2.21. The molecule has 0 amide bonds. The van der Waals surface area contributed by atoms with E-state index < -0.39 is 8.32 Å². The quantitative estimate of drug-likeness (QED) is 0.472. The van der Waals surface area contributed by atoms with Gasteiger partial charge in [-0.2, -0.15) is 0 Å². The van der Waals surface area contributed by atoms with Gasteiger partial charge in [-0.15, -0.1) is 0 Å². The number of likely N-dealkylation sites (tertiary alicyclic amines) is 1. The third-order valence-electron chi connectivity index (χ3n) is 3.10. The molecule has 0 aliphatic carbocycles. The van der Waals surface area contributed by atoms with E-state index in [1.807, 2.05) is 18.5 Å². The van der Waals surface area contributed by atoms with Crippen LogP contribution in [0.25, 0.3) is 0 Å². The van der Waals surface area contributed by atoms with Gasteiger partial charge >= 0.3 is 0 Å². The van der Waals surface area contributed by atoms with E-state index in [-0.39, 0.29) is 0 Å². The zero-order valence-electron chi connectivity index (χ0n) is 12.4. The van der Waals surface area contributed by atoms with Crippen molar-refractivity contribution in [3.8, 4) is 5.75 Å². The Hall–Kier alpha value is -1.29. The third-order valence-corrected chi connectivity index (χ3v) is 3.92. The van der Waals surface area contributed by atoms with Crippen molar-refractivity contribution in [3.05, 3.63) is 23.8 Å². The molecule has 0 spiro atoms. The number of hydrogen-bond donors (Lipinski definition) is 0. The molecule has 1 fully saturated rings. The van der Waals surface area contributed by atoms with Crippen LogP contribution in [0.15, 0.2) is 23.2 Å². The normalized spacial score (nSPS) is 16.3. The lowest BCUT2D eigenvalue weighted by atomic mass is 10.2. The van der Waals surface area contributed by atoms with Crippen molar-refractivity contribution in [3.63, 3.8) is 0 Å². The fourth-order valence-corrected chi connectivity index (χ4v) is 3.06. The van der Waals surface area contributed by atoms with E-state index in [1.54, 1.807) is 0 Å². The Labute approximate surface area is 117 Å². The van der Waals surface area contributed by atoms with E-state index in [4.69, 9.17) is 4.43 Å². The molecule has 104 valence electrons. The third kappa shape index (κ3) is 4.09. The van der Waals surface area contributed by atoms with Gasteiger partial charge in [0.2, 0.25) is 8.32 Å². The Morgan fingerprint density at radius 1 is 1.21 bits per heavy atom. The van der Waals surface area contributed by atoms with Crippen LogP contribution in [0.2, 0.25) is 19.6 Å². The molecule has 0 radical (unpaired) electrons. The lowest BCUT2D eigenvalue weighted by molar-refractivity contribution is 0.534. The summed E-state index contributed by atoms with van der Waals surface area (Å²) in [5, 5.41) is 0. The van der Waals surface area contributed by atoms with Crippen LogP contribution in [0.4, 0.5) is 5.69 Å². The number of benzene rings is 1. The van der Waals surface area contributed by atoms with Gasteiger partial charge in [0.05, 0.1) is 6.34 Å². The monoisotopic (exact) mass is 276 g/mol. The van der Waals surface area contributed by atoms with Crippen LogP contribution in [0.3, 0.4) is 0 Å². The van der Waals surface area contributed by atoms with E-state index in [2.05, 4.69) is 42.5 Å². The molecule has 0 saturated carbocycles. The van der Waals surface area contributed by atoms with E-state index in [1.165, 1.54) is 18.4 Å². The maximum Gasteiger partial charge on any atom is 0.242 e. The van der Waals surface area contributed by atoms with Crippen molar-refractivity contribution in [2.45, 2.75) is 39.4 Å². The zero-order chi connectivity index (χ0) is 13.9. The second-order valence-electron chi connectivity index (χ2n) is 6.13. The maximum absolute atomic E-state index is 6.19. The summed E-state index contributed by atoms with van der Waals surface area (Å²) in [6.45, 7) is 10.9. The molecule has 1 aromatic carbocycles. The smallest absolute Gasteiger partial charge is 0.242 e. The van der Waals surface area contributed by atoms with Crippen molar-refractivity contribution < 1.29 is 4.43 Å². The number of aliphatic imine (C=N–C) groups is 1. The maximum atomic E-state index is 6.19. The zero-order valence-corrected chi connectivity index (χ0v) is 13.4. The molecule has 1 saturated heterocycles. The van der Waals surface area contributed by atoms with Crippen molar-refractivity contribution in [1.82, 2.24) is 4.90 Å². The van der Waals surface area contributed by atoms with Gasteiger partial charge in [-0.05, 0) is 51.0 Å². The Morgan fingerprint density at radius 2 is 1.89 bits per heavy atom. The first-order valence-corrected chi connectivity index (χ1v) is 10.4. The summed E-state index contributed by atoms with van der Waals surface area (Å²) in [5.41, 5.74) is 2.12. The Morgan fingerprint density at radius 3 is 2.53 bits per heavy atom. The molecule has 3 nitrogen and oxygen atoms in total. The van der Waals surface area contributed by atoms with Gasteiger partial charge in [-0.3, -0.25) is 0 Å². The van der Waals surface area contributed by atoms with Gasteiger partial charge in [0.15, 0.2) is 0 Å². The molecule has 19 heavy (non-hydrogen) atoms. The summed E-state index contributed by atoms with van der Waals surface area (Å²) in [6, 6.07) is 6.17. The number of hydrogen-bond acceptors (Lipinski definition) is 2. The second kappa shape index (κ2) is 5.78. The lowest BCUT2D eigenvalue weighted by Gasteiger charge is -2.22. The first-order chi connectivity index (χ1) is 8.96. The van der Waals surface area contributed by atoms with Crippen LogP contribution in [0.5, 0.6) is 5.75 Å². The fraction of sp³-hybridized carbons (Fsp3) is 0.533. The standard InChI is InChI=1S/C15H24N2OSi/c1-13-8-7-9-14(15(13)18-19(2,3)4)16-12-17-10-5-6-11-17/h7-9,12H,5-6,10-11H2,1-4H3. The van der Waals surface area contributed by atoms with Crippen LogP contribution >= 0.6 is 0 Å². The van der Waals surface area contributed by atoms with Crippen molar-refractivity contribution in [2.24, 2.45) is 4.99 Å². The molecule has 1 aliphatic heterocycles. The molecular formula is C15H24N2OSi. The van der Waals surface area contributed by atoms with Crippen molar-refractivity contribution in [1.29, 1.82) is 0 Å². The second-order valence-corrected chi connectivity index (χ2v) is 10.6. The van der Waals surface area contributed by atoms with Crippen LogP contribution in [0, 0.1) is 6.92 Å². The average Bonchev–Trinajstić information content (AvgIpc) is 2.81. The average molecular weight is 276 g/mol. The van der Waals surface area contributed by atoms with E-state index in [0.29, 0.717) is 0 Å². The predicted molar refractivity (Wildman–Crippen MR) is 84.1 cm³/mol. The molecule has 4 heteroatoms. The summed E-state index contributed by atoms with van der Waals surface area (Å²) >= 11 is 0. The highest BCUT2D eigenvalue weighted by atomic mass is 28.4. The van der Waals surface area contributed by atoms with Crippen LogP contribution in [0.1, 0.15) is 18.4 Å². The number of nitrogens with zero attached hydrogens (tertiary/aromatic N) is 2. The van der Waals surface area contributed by atoms with E-state index in [0.717, 1.165) is 24.5 Å². The van der Waals surface area contributed by atoms with Crippen LogP contribution < -0.4 is 4.43 Å². The fourth-order valence-electron chi connectivity index (χ4n) is 2.18. The van der Waals surface area contributed by atoms with E-state index in [9.17, 15) is 0 Å². The highest BCUT2D eigenvalue weighted by Crippen LogP contribution is 2.33. The molecule has 0 unspecified atom stereocenters. The number of para-hydroxylation sites is 1. The van der Waals surface area contributed by atoms with Gasteiger partial charge < -0.3 is 9.33 Å². The molecule has 1 aliphatic rings. The molecule has 1 aromatic rings. The van der Waals surface area contributed by atoms with E-state index >= 15 is 0 Å². The molecule has 1 heterocycles. The molecule has 0 aromatic heterocycles. The van der Waals surface area contributed by atoms with Crippen molar-refractivity contribution >= 4 is 20.3 Å². The highest BCUT2D eigenvalue weighted by molar-refractivity contribution is 6.70. The summed E-state index contributed by atoms with van der Waals surface area (Å²) in [7, 11) is -1.61.